The lowest BCUT2D eigenvalue weighted by Gasteiger charge is -2.06. The van der Waals surface area contributed by atoms with Crippen LogP contribution in [0.25, 0.3) is 0 Å². The lowest BCUT2D eigenvalue weighted by Crippen LogP contribution is -3.00. The minimum Gasteiger partial charge on any atom is -1.00 e. The fourth-order valence-electron chi connectivity index (χ4n) is 6.33. The Bertz CT molecular complexity index is 1160. The van der Waals surface area contributed by atoms with Gasteiger partial charge in [-0.2, -0.15) is 0 Å². The van der Waals surface area contributed by atoms with E-state index >= 15 is 0 Å². The van der Waals surface area contributed by atoms with Gasteiger partial charge in [-0.05, 0) is 38.5 Å². The van der Waals surface area contributed by atoms with Crippen molar-refractivity contribution in [2.75, 3.05) is 13.2 Å². The third-order valence-corrected chi connectivity index (χ3v) is 9.72. The predicted octanol–water partition coefficient (Wildman–Crippen LogP) is 3.82. The van der Waals surface area contributed by atoms with E-state index in [-0.39, 0.29) is 47.2 Å². The number of hydrogen-bond acceptors (Lipinski definition) is 6. The van der Waals surface area contributed by atoms with Crippen molar-refractivity contribution in [3.05, 3.63) is 60.2 Å². The molecule has 0 aromatic carbocycles. The van der Waals surface area contributed by atoms with Gasteiger partial charge in [-0.1, -0.05) is 117 Å². The first-order chi connectivity index (χ1) is 25.5. The average Bonchev–Trinajstić information content (AvgIpc) is 3.17. The minimum atomic E-state index is -0.842. The zero-order chi connectivity index (χ0) is 37.5. The summed E-state index contributed by atoms with van der Waals surface area (Å²) in [6.45, 7) is 6.61. The Morgan fingerprint density at radius 3 is 0.963 bits per heavy atom. The Hall–Kier alpha value is -2.46. The topological polar surface area (TPSA) is 94.5 Å². The van der Waals surface area contributed by atoms with Crippen LogP contribution in [0.4, 0.5) is 0 Å². The van der Waals surface area contributed by atoms with E-state index in [1.807, 2.05) is 24.8 Å². The first-order valence-corrected chi connectivity index (χ1v) is 20.9. The number of carbonyl (C=O) groups is 4. The van der Waals surface area contributed by atoms with Gasteiger partial charge in [0.1, 0.15) is 13.1 Å². The number of unbranched alkanes of at least 4 members (excludes halogenated alkanes) is 21. The number of carbonyl (C=O) groups excluding carboxylic acids is 4. The van der Waals surface area contributed by atoms with Crippen LogP contribution in [-0.2, 0) is 32.2 Å². The van der Waals surface area contributed by atoms with Crippen molar-refractivity contribution in [2.24, 2.45) is 0 Å². The smallest absolute Gasteiger partial charge is 0.379 e. The number of rotatable bonds is 33. The molecule has 0 atom stereocenters. The second-order valence-corrected chi connectivity index (χ2v) is 14.4. The first kappa shape index (κ1) is 51.5. The zero-order valence-corrected chi connectivity index (χ0v) is 36.7. The van der Waals surface area contributed by atoms with E-state index in [4.69, 9.17) is 9.47 Å². The highest BCUT2D eigenvalue weighted by molar-refractivity contribution is 6.41. The lowest BCUT2D eigenvalue weighted by molar-refractivity contribution is -0.697. The van der Waals surface area contributed by atoms with E-state index in [9.17, 15) is 19.2 Å². The van der Waals surface area contributed by atoms with E-state index in [1.54, 1.807) is 24.3 Å². The van der Waals surface area contributed by atoms with Crippen LogP contribution in [0.1, 0.15) is 189 Å². The number of esters is 2. The molecule has 0 unspecified atom stereocenters. The molecule has 0 radical (unpaired) electrons. The second kappa shape index (κ2) is 35.0. The number of aromatic nitrogens is 2. The minimum absolute atomic E-state index is 0. The molecule has 306 valence electrons. The fraction of sp³-hybridized carbons (Fsp3) is 0.682. The second-order valence-electron chi connectivity index (χ2n) is 14.4. The molecule has 2 aromatic rings. The molecule has 0 fully saturated rings. The van der Waals surface area contributed by atoms with E-state index < -0.39 is 23.5 Å². The van der Waals surface area contributed by atoms with Crippen molar-refractivity contribution in [1.82, 2.24) is 0 Å². The quantitative estimate of drug-likeness (QED) is 0.0356. The Balaban J connectivity index is 0.0000140. The lowest BCUT2D eigenvalue weighted by atomic mass is 10.1. The molecule has 2 aromatic heterocycles. The number of Topliss-reactive ketones (excluding diaryl/α,β-unsaturated/α-hetero) is 2. The van der Waals surface area contributed by atoms with E-state index in [0.717, 1.165) is 38.8 Å². The van der Waals surface area contributed by atoms with Gasteiger partial charge in [-0.15, -0.1) is 0 Å². The van der Waals surface area contributed by atoms with Gasteiger partial charge in [0.15, 0.2) is 24.8 Å². The van der Waals surface area contributed by atoms with Gasteiger partial charge in [0.25, 0.3) is 11.6 Å². The van der Waals surface area contributed by atoms with Crippen LogP contribution >= 0.6 is 0 Å². The SMILES string of the molecule is CCCCCCCCCCCC[n+]1ccc(C(=O)C(=O)OCCCCCCOC(=O)C(=O)c2cc[n+](CCCCCCCCCCCC)cc2)cc1.[Br-].[Br-]. The highest BCUT2D eigenvalue weighted by Gasteiger charge is 2.20. The molecule has 54 heavy (non-hydrogen) atoms. The van der Waals surface area contributed by atoms with E-state index in [2.05, 4.69) is 23.0 Å². The summed E-state index contributed by atoms with van der Waals surface area (Å²) in [5.74, 6) is -2.95. The summed E-state index contributed by atoms with van der Waals surface area (Å²) in [6, 6.07) is 6.72. The fourth-order valence-corrected chi connectivity index (χ4v) is 6.33. The number of hydrogen-bond donors (Lipinski definition) is 0. The third-order valence-electron chi connectivity index (χ3n) is 9.72. The number of aryl methyl sites for hydroxylation is 2. The number of ether oxygens (including phenoxy) is 2. The van der Waals surface area contributed by atoms with Gasteiger partial charge in [-0.25, -0.2) is 18.7 Å². The van der Waals surface area contributed by atoms with Crippen molar-refractivity contribution in [1.29, 1.82) is 0 Å². The number of halogens is 2. The summed E-state index contributed by atoms with van der Waals surface area (Å²) in [7, 11) is 0. The predicted molar refractivity (Wildman–Crippen MR) is 206 cm³/mol. The van der Waals surface area contributed by atoms with Gasteiger partial charge in [0.2, 0.25) is 0 Å². The van der Waals surface area contributed by atoms with Crippen LogP contribution in [0.2, 0.25) is 0 Å². The van der Waals surface area contributed by atoms with Gasteiger partial charge < -0.3 is 43.4 Å². The Kier molecular flexibility index (Phi) is 33.4. The van der Waals surface area contributed by atoms with E-state index in [0.29, 0.717) is 24.0 Å². The molecule has 0 aliphatic carbocycles. The van der Waals surface area contributed by atoms with Crippen molar-refractivity contribution in [3.8, 4) is 0 Å². The molecule has 0 saturated carbocycles. The molecule has 0 aliphatic rings. The molecule has 0 saturated heterocycles. The van der Waals surface area contributed by atoms with Crippen molar-refractivity contribution >= 4 is 23.5 Å². The summed E-state index contributed by atoms with van der Waals surface area (Å²) < 4.78 is 14.5. The van der Waals surface area contributed by atoms with Crippen molar-refractivity contribution in [3.63, 3.8) is 0 Å². The van der Waals surface area contributed by atoms with Gasteiger partial charge in [0.05, 0.1) is 13.2 Å². The molecule has 0 amide bonds. The normalized spacial score (nSPS) is 10.6. The zero-order valence-electron chi connectivity index (χ0n) is 33.5. The Morgan fingerprint density at radius 2 is 0.667 bits per heavy atom. The first-order valence-electron chi connectivity index (χ1n) is 20.9. The standard InChI is InChI=1S/C44H70N2O6.2BrH/c1-3-5-7-9-11-13-15-17-19-23-31-45-33-27-39(28-34-45)41(47)43(49)51-37-25-21-22-26-38-52-44(50)42(48)40-29-35-46(36-30-40)32-24-20-18-16-14-12-10-8-6-4-2;;/h27-30,33-36H,3-26,31-32,37-38H2,1-2H3;2*1H/q+2;;/p-2. The van der Waals surface area contributed by atoms with Crippen molar-refractivity contribution < 1.29 is 71.7 Å². The summed E-state index contributed by atoms with van der Waals surface area (Å²) in [4.78, 5) is 49.5. The molecule has 0 bridgehead atoms. The maximum Gasteiger partial charge on any atom is 0.379 e. The molecule has 0 N–H and O–H groups in total. The number of pyridine rings is 2. The van der Waals surface area contributed by atoms with Crippen LogP contribution in [0.15, 0.2) is 49.1 Å². The highest BCUT2D eigenvalue weighted by atomic mass is 79.9. The van der Waals surface area contributed by atoms with Crippen LogP contribution in [0, 0.1) is 0 Å². The van der Waals surface area contributed by atoms with Gasteiger partial charge in [0, 0.05) is 48.2 Å². The van der Waals surface area contributed by atoms with Gasteiger partial charge in [-0.3, -0.25) is 9.59 Å². The largest absolute Gasteiger partial charge is 1.00 e. The molecule has 0 aliphatic heterocycles. The number of nitrogens with zero attached hydrogens (tertiary/aromatic N) is 2. The maximum atomic E-state index is 12.5. The summed E-state index contributed by atoms with van der Waals surface area (Å²) in [5.41, 5.74) is 0.666. The average molecular weight is 883 g/mol. The van der Waals surface area contributed by atoms with Crippen LogP contribution in [0.3, 0.4) is 0 Å². The Morgan fingerprint density at radius 1 is 0.407 bits per heavy atom. The third kappa shape index (κ3) is 24.8. The molecule has 2 heterocycles. The van der Waals surface area contributed by atoms with Crippen LogP contribution < -0.4 is 43.1 Å². The molecule has 2 rings (SSSR count). The summed E-state index contributed by atoms with van der Waals surface area (Å²) in [5, 5.41) is 0. The van der Waals surface area contributed by atoms with Gasteiger partial charge >= 0.3 is 11.9 Å². The molecular formula is C44H70Br2N2O6. The highest BCUT2D eigenvalue weighted by Crippen LogP contribution is 2.12. The number of ketones is 2. The monoisotopic (exact) mass is 880 g/mol. The maximum absolute atomic E-state index is 12.5. The molecular weight excluding hydrogens is 812 g/mol. The molecule has 10 heteroatoms. The molecule has 0 spiro atoms. The van der Waals surface area contributed by atoms with E-state index in [1.165, 1.54) is 116 Å². The van der Waals surface area contributed by atoms with Crippen LogP contribution in [-0.4, -0.2) is 36.7 Å². The summed E-state index contributed by atoms with van der Waals surface area (Å²) >= 11 is 0. The Labute approximate surface area is 348 Å². The van der Waals surface area contributed by atoms with Crippen LogP contribution in [0.5, 0.6) is 0 Å². The summed E-state index contributed by atoms with van der Waals surface area (Å²) in [6.07, 6.45) is 36.0. The van der Waals surface area contributed by atoms with Crippen molar-refractivity contribution in [2.45, 2.75) is 181 Å². The molecule has 8 nitrogen and oxygen atoms in total.